The number of ether oxygens (including phenoxy) is 1. The Labute approximate surface area is 124 Å². The number of amides is 1. The van der Waals surface area contributed by atoms with Gasteiger partial charge in [-0.1, -0.05) is 26.3 Å². The van der Waals surface area contributed by atoms with Crippen molar-refractivity contribution in [2.24, 2.45) is 0 Å². The molecule has 0 radical (unpaired) electrons. The van der Waals surface area contributed by atoms with Gasteiger partial charge in [0.1, 0.15) is 23.5 Å². The molecule has 0 saturated heterocycles. The molecule has 2 aliphatic rings. The molecule has 2 aliphatic heterocycles. The number of aliphatic hydroxyl groups is 2. The molecule has 6 heteroatoms. The van der Waals surface area contributed by atoms with E-state index in [4.69, 9.17) is 9.57 Å². The first-order valence-electron chi connectivity index (χ1n) is 7.25. The second kappa shape index (κ2) is 5.79. The highest BCUT2D eigenvalue weighted by molar-refractivity contribution is 6.00. The summed E-state index contributed by atoms with van der Waals surface area (Å²) in [6.45, 7) is 7.34. The van der Waals surface area contributed by atoms with E-state index in [0.29, 0.717) is 6.42 Å². The van der Waals surface area contributed by atoms with Crippen molar-refractivity contribution < 1.29 is 24.6 Å². The molecule has 0 bridgehead atoms. The molecule has 6 nitrogen and oxygen atoms in total. The molecule has 0 aromatic carbocycles. The van der Waals surface area contributed by atoms with Crippen molar-refractivity contribution >= 4 is 5.91 Å². The monoisotopic (exact) mass is 297 g/mol. The van der Waals surface area contributed by atoms with E-state index in [0.717, 1.165) is 24.3 Å². The first-order valence-corrected chi connectivity index (χ1v) is 7.25. The van der Waals surface area contributed by atoms with E-state index < -0.39 is 23.7 Å². The van der Waals surface area contributed by atoms with Gasteiger partial charge in [-0.15, -0.1) is 0 Å². The second-order valence-electron chi connectivity index (χ2n) is 5.70. The zero-order valence-electron chi connectivity index (χ0n) is 12.8. The van der Waals surface area contributed by atoms with Gasteiger partial charge in [0.2, 0.25) is 0 Å². The van der Waals surface area contributed by atoms with E-state index in [-0.39, 0.29) is 17.0 Å². The lowest BCUT2D eigenvalue weighted by molar-refractivity contribution is -0.162. The van der Waals surface area contributed by atoms with Gasteiger partial charge >= 0.3 is 0 Å². The second-order valence-corrected chi connectivity index (χ2v) is 5.70. The number of nitrogens with zero attached hydrogens (tertiary/aromatic N) is 1. The SMILES string of the molecule is C=C1C2=C(C(=O)N1OC)[C@H](O)[C@@](C)(O)[C@H](CCCCC)O2. The Balaban J connectivity index is 2.28. The van der Waals surface area contributed by atoms with Crippen molar-refractivity contribution in [3.05, 3.63) is 23.6 Å². The maximum absolute atomic E-state index is 12.2. The number of hydrogen-bond acceptors (Lipinski definition) is 5. The van der Waals surface area contributed by atoms with Crippen LogP contribution in [0.3, 0.4) is 0 Å². The smallest absolute Gasteiger partial charge is 0.284 e. The Kier molecular flexibility index (Phi) is 4.41. The molecule has 0 unspecified atom stereocenters. The quantitative estimate of drug-likeness (QED) is 0.747. The van der Waals surface area contributed by atoms with Crippen molar-refractivity contribution in [1.29, 1.82) is 0 Å². The molecule has 0 aromatic rings. The standard InChI is InChI=1S/C15H23NO5/c1-5-6-7-8-10-15(3,19)13(17)11-12(21-10)9(2)16(20-4)14(11)18/h10,13,17,19H,2,5-8H2,1,3-4H3/t10-,13-,15-/m0/s1. The molecule has 21 heavy (non-hydrogen) atoms. The van der Waals surface area contributed by atoms with Crippen LogP contribution in [0.25, 0.3) is 0 Å². The number of hydroxylamine groups is 2. The molecule has 1 amide bonds. The van der Waals surface area contributed by atoms with Crippen molar-refractivity contribution in [2.75, 3.05) is 7.11 Å². The third-order valence-electron chi connectivity index (χ3n) is 4.16. The van der Waals surface area contributed by atoms with Gasteiger partial charge in [-0.3, -0.25) is 9.63 Å². The van der Waals surface area contributed by atoms with Crippen molar-refractivity contribution in [3.8, 4) is 0 Å². The molecular formula is C15H23NO5. The van der Waals surface area contributed by atoms with E-state index in [1.54, 1.807) is 0 Å². The summed E-state index contributed by atoms with van der Waals surface area (Å²) in [5.41, 5.74) is -1.25. The molecular weight excluding hydrogens is 274 g/mol. The van der Waals surface area contributed by atoms with Crippen LogP contribution in [0.1, 0.15) is 39.5 Å². The topological polar surface area (TPSA) is 79.2 Å². The summed E-state index contributed by atoms with van der Waals surface area (Å²) in [6.07, 6.45) is 1.64. The molecule has 3 atom stereocenters. The fraction of sp³-hybridized carbons (Fsp3) is 0.667. The molecule has 0 saturated carbocycles. The van der Waals surface area contributed by atoms with Gasteiger partial charge in [-0.05, 0) is 19.8 Å². The fourth-order valence-electron chi connectivity index (χ4n) is 2.80. The first-order chi connectivity index (χ1) is 9.86. The van der Waals surface area contributed by atoms with Crippen LogP contribution in [-0.4, -0.2) is 46.1 Å². The summed E-state index contributed by atoms with van der Waals surface area (Å²) in [7, 11) is 1.34. The van der Waals surface area contributed by atoms with Gasteiger partial charge in [-0.25, -0.2) is 0 Å². The Hall–Kier alpha value is -1.37. The number of aliphatic hydroxyl groups excluding tert-OH is 1. The molecule has 118 valence electrons. The Morgan fingerprint density at radius 1 is 1.48 bits per heavy atom. The van der Waals surface area contributed by atoms with Crippen LogP contribution in [-0.2, 0) is 14.4 Å². The van der Waals surface area contributed by atoms with Crippen LogP contribution < -0.4 is 0 Å². The largest absolute Gasteiger partial charge is 0.484 e. The van der Waals surface area contributed by atoms with Crippen LogP contribution in [0, 0.1) is 0 Å². The highest BCUT2D eigenvalue weighted by Gasteiger charge is 2.54. The lowest BCUT2D eigenvalue weighted by Crippen LogP contribution is -2.55. The summed E-state index contributed by atoms with van der Waals surface area (Å²) in [6, 6.07) is 0. The first kappa shape index (κ1) is 16.0. The van der Waals surface area contributed by atoms with Gasteiger partial charge in [0, 0.05) is 0 Å². The maximum atomic E-state index is 12.2. The number of rotatable bonds is 5. The minimum absolute atomic E-state index is 0.0126. The average Bonchev–Trinajstić information content (AvgIpc) is 2.67. The molecule has 2 N–H and O–H groups in total. The van der Waals surface area contributed by atoms with Crippen molar-refractivity contribution in [3.63, 3.8) is 0 Å². The summed E-state index contributed by atoms with van der Waals surface area (Å²) in [5, 5.41) is 21.9. The minimum Gasteiger partial charge on any atom is -0.484 e. The van der Waals surface area contributed by atoms with Gasteiger partial charge in [0.15, 0.2) is 5.76 Å². The van der Waals surface area contributed by atoms with Gasteiger partial charge < -0.3 is 14.9 Å². The average molecular weight is 297 g/mol. The lowest BCUT2D eigenvalue weighted by atomic mass is 9.82. The van der Waals surface area contributed by atoms with Gasteiger partial charge in [-0.2, -0.15) is 5.06 Å². The van der Waals surface area contributed by atoms with E-state index in [1.165, 1.54) is 14.0 Å². The van der Waals surface area contributed by atoms with E-state index in [1.807, 2.05) is 0 Å². The van der Waals surface area contributed by atoms with E-state index in [9.17, 15) is 15.0 Å². The highest BCUT2D eigenvalue weighted by atomic mass is 16.7. The predicted octanol–water partition coefficient (Wildman–Crippen LogP) is 1.25. The summed E-state index contributed by atoms with van der Waals surface area (Å²) < 4.78 is 5.78. The summed E-state index contributed by atoms with van der Waals surface area (Å²) in [5.74, 6) is -0.320. The fourth-order valence-corrected chi connectivity index (χ4v) is 2.80. The third-order valence-corrected chi connectivity index (χ3v) is 4.16. The zero-order valence-corrected chi connectivity index (χ0v) is 12.8. The van der Waals surface area contributed by atoms with Crippen LogP contribution in [0.4, 0.5) is 0 Å². The predicted molar refractivity (Wildman–Crippen MR) is 75.7 cm³/mol. The lowest BCUT2D eigenvalue weighted by Gasteiger charge is -2.40. The van der Waals surface area contributed by atoms with Crippen LogP contribution in [0.5, 0.6) is 0 Å². The molecule has 0 fully saturated rings. The Morgan fingerprint density at radius 2 is 2.14 bits per heavy atom. The van der Waals surface area contributed by atoms with E-state index in [2.05, 4.69) is 13.5 Å². The number of unbranched alkanes of at least 4 members (excludes halogenated alkanes) is 2. The Morgan fingerprint density at radius 3 is 2.71 bits per heavy atom. The normalized spacial score (nSPS) is 32.5. The molecule has 0 spiro atoms. The number of carbonyl (C=O) groups excluding carboxylic acids is 1. The molecule has 0 aromatic heterocycles. The molecule has 2 rings (SSSR count). The van der Waals surface area contributed by atoms with Gasteiger partial charge in [0.25, 0.3) is 5.91 Å². The van der Waals surface area contributed by atoms with Crippen LogP contribution in [0.2, 0.25) is 0 Å². The summed E-state index contributed by atoms with van der Waals surface area (Å²) in [4.78, 5) is 17.1. The van der Waals surface area contributed by atoms with Crippen LogP contribution in [0.15, 0.2) is 23.6 Å². The minimum atomic E-state index is -1.52. The zero-order chi connectivity index (χ0) is 15.8. The third kappa shape index (κ3) is 2.47. The van der Waals surface area contributed by atoms with Gasteiger partial charge in [0.05, 0.1) is 12.7 Å². The van der Waals surface area contributed by atoms with Crippen molar-refractivity contribution in [2.45, 2.75) is 57.3 Å². The number of hydrogen-bond donors (Lipinski definition) is 2. The highest BCUT2D eigenvalue weighted by Crippen LogP contribution is 2.42. The maximum Gasteiger partial charge on any atom is 0.284 e. The molecule has 0 aliphatic carbocycles. The van der Waals surface area contributed by atoms with Crippen LogP contribution >= 0.6 is 0 Å². The number of carbonyl (C=O) groups is 1. The summed E-state index contributed by atoms with van der Waals surface area (Å²) >= 11 is 0. The van der Waals surface area contributed by atoms with E-state index >= 15 is 0 Å². The molecule has 2 heterocycles. The Bertz CT molecular complexity index is 482. The van der Waals surface area contributed by atoms with Crippen molar-refractivity contribution in [1.82, 2.24) is 5.06 Å².